The molecule has 1 rings (SSSR count). The van der Waals surface area contributed by atoms with Gasteiger partial charge in [-0.25, -0.2) is 9.97 Å². The highest BCUT2D eigenvalue weighted by molar-refractivity contribution is 7.99. The van der Waals surface area contributed by atoms with Crippen LogP contribution in [0.15, 0.2) is 11.1 Å². The molecule has 0 aliphatic rings. The van der Waals surface area contributed by atoms with E-state index in [4.69, 9.17) is 10.5 Å². The Morgan fingerprint density at radius 1 is 1.47 bits per heavy atom. The van der Waals surface area contributed by atoms with Gasteiger partial charge in [-0.2, -0.15) is 0 Å². The molecule has 0 fully saturated rings. The first-order valence-electron chi connectivity index (χ1n) is 4.87. The largest absolute Gasteiger partial charge is 0.384 e. The number of nitrogen functional groups attached to an aromatic ring is 1. The van der Waals surface area contributed by atoms with E-state index < -0.39 is 0 Å². The molecule has 1 aromatic heterocycles. The highest BCUT2D eigenvalue weighted by atomic mass is 32.2. The molecular formula is C10H17N3OS. The van der Waals surface area contributed by atoms with E-state index >= 15 is 0 Å². The molecule has 1 heterocycles. The van der Waals surface area contributed by atoms with Crippen LogP contribution in [0, 0.1) is 5.92 Å². The second-order valence-corrected chi connectivity index (χ2v) is 4.73. The van der Waals surface area contributed by atoms with Crippen molar-refractivity contribution in [2.75, 3.05) is 18.6 Å². The third-order valence-corrected chi connectivity index (χ3v) is 2.94. The van der Waals surface area contributed by atoms with Gasteiger partial charge in [-0.05, 0) is 5.92 Å². The van der Waals surface area contributed by atoms with Gasteiger partial charge in [-0.15, -0.1) is 11.8 Å². The van der Waals surface area contributed by atoms with Crippen LogP contribution in [0.5, 0.6) is 0 Å². The van der Waals surface area contributed by atoms with E-state index in [0.29, 0.717) is 24.2 Å². The standard InChI is InChI=1S/C10H17N3OS/c1-7(2)6-15-10-4-8(11)12-9(13-10)5-14-3/h4,7H,5-6H2,1-3H3,(H2,11,12,13). The lowest BCUT2D eigenvalue weighted by Crippen LogP contribution is -2.02. The second-order valence-electron chi connectivity index (χ2n) is 3.69. The van der Waals surface area contributed by atoms with Gasteiger partial charge in [-0.1, -0.05) is 13.8 Å². The van der Waals surface area contributed by atoms with Crippen LogP contribution in [0.2, 0.25) is 0 Å². The summed E-state index contributed by atoms with van der Waals surface area (Å²) < 4.78 is 4.97. The minimum absolute atomic E-state index is 0.403. The molecule has 0 radical (unpaired) electrons. The van der Waals surface area contributed by atoms with Crippen LogP contribution in [0.25, 0.3) is 0 Å². The quantitative estimate of drug-likeness (QED) is 0.615. The normalized spacial score (nSPS) is 10.9. The molecular weight excluding hydrogens is 210 g/mol. The Hall–Kier alpha value is -0.810. The fourth-order valence-electron chi connectivity index (χ4n) is 1.01. The van der Waals surface area contributed by atoms with Crippen molar-refractivity contribution in [1.29, 1.82) is 0 Å². The summed E-state index contributed by atoms with van der Waals surface area (Å²) in [4.78, 5) is 8.42. The lowest BCUT2D eigenvalue weighted by molar-refractivity contribution is 0.177. The third-order valence-electron chi connectivity index (χ3n) is 1.61. The van der Waals surface area contributed by atoms with Crippen LogP contribution in [0.1, 0.15) is 19.7 Å². The monoisotopic (exact) mass is 227 g/mol. The number of aromatic nitrogens is 2. The summed E-state index contributed by atoms with van der Waals surface area (Å²) in [6, 6.07) is 1.80. The number of anilines is 1. The smallest absolute Gasteiger partial charge is 0.157 e. The van der Waals surface area contributed by atoms with Crippen molar-refractivity contribution in [2.24, 2.45) is 5.92 Å². The molecule has 0 aliphatic heterocycles. The summed E-state index contributed by atoms with van der Waals surface area (Å²) >= 11 is 1.70. The van der Waals surface area contributed by atoms with Crippen LogP contribution in [0.3, 0.4) is 0 Å². The van der Waals surface area contributed by atoms with Gasteiger partial charge in [0.25, 0.3) is 0 Å². The van der Waals surface area contributed by atoms with E-state index in [0.717, 1.165) is 10.8 Å². The molecule has 0 unspecified atom stereocenters. The fourth-order valence-corrected chi connectivity index (χ4v) is 1.89. The van der Waals surface area contributed by atoms with Gasteiger partial charge in [0.05, 0.1) is 0 Å². The zero-order chi connectivity index (χ0) is 11.3. The van der Waals surface area contributed by atoms with Crippen molar-refractivity contribution in [2.45, 2.75) is 25.5 Å². The number of nitrogens with zero attached hydrogens (tertiary/aromatic N) is 2. The first-order valence-corrected chi connectivity index (χ1v) is 5.85. The Kier molecular flexibility index (Phi) is 4.84. The molecule has 4 nitrogen and oxygen atoms in total. The first kappa shape index (κ1) is 12.3. The molecule has 5 heteroatoms. The Bertz CT molecular complexity index is 318. The van der Waals surface area contributed by atoms with Gasteiger partial charge in [0.15, 0.2) is 5.82 Å². The third kappa shape index (κ3) is 4.48. The molecule has 0 bridgehead atoms. The average Bonchev–Trinajstić information content (AvgIpc) is 2.14. The lowest BCUT2D eigenvalue weighted by atomic mass is 10.3. The zero-order valence-corrected chi connectivity index (χ0v) is 10.2. The summed E-state index contributed by atoms with van der Waals surface area (Å²) in [5, 5.41) is 0.920. The van der Waals surface area contributed by atoms with Gasteiger partial charge in [0.1, 0.15) is 17.5 Å². The summed E-state index contributed by atoms with van der Waals surface area (Å²) in [6.07, 6.45) is 0. The number of rotatable bonds is 5. The zero-order valence-electron chi connectivity index (χ0n) is 9.36. The van der Waals surface area contributed by atoms with E-state index in [1.165, 1.54) is 0 Å². The molecule has 15 heavy (non-hydrogen) atoms. The summed E-state index contributed by atoms with van der Waals surface area (Å²) in [7, 11) is 1.62. The van der Waals surface area contributed by atoms with Crippen molar-refractivity contribution in [3.63, 3.8) is 0 Å². The SMILES string of the molecule is COCc1nc(N)cc(SCC(C)C)n1. The lowest BCUT2D eigenvalue weighted by Gasteiger charge is -2.06. The van der Waals surface area contributed by atoms with Crippen LogP contribution in [-0.4, -0.2) is 22.8 Å². The van der Waals surface area contributed by atoms with Crippen molar-refractivity contribution in [1.82, 2.24) is 9.97 Å². The summed E-state index contributed by atoms with van der Waals surface area (Å²) in [5.74, 6) is 2.81. The molecule has 1 aromatic rings. The van der Waals surface area contributed by atoms with E-state index in [2.05, 4.69) is 23.8 Å². The van der Waals surface area contributed by atoms with Crippen molar-refractivity contribution < 1.29 is 4.74 Å². The van der Waals surface area contributed by atoms with E-state index in [1.807, 2.05) is 0 Å². The molecule has 0 saturated heterocycles. The van der Waals surface area contributed by atoms with Crippen molar-refractivity contribution >= 4 is 17.6 Å². The van der Waals surface area contributed by atoms with E-state index in [1.54, 1.807) is 24.9 Å². The van der Waals surface area contributed by atoms with E-state index in [9.17, 15) is 0 Å². The molecule has 0 atom stereocenters. The molecule has 2 N–H and O–H groups in total. The van der Waals surface area contributed by atoms with Crippen molar-refractivity contribution in [3.05, 3.63) is 11.9 Å². The minimum atomic E-state index is 0.403. The molecule has 0 aromatic carbocycles. The Balaban J connectivity index is 2.70. The highest BCUT2D eigenvalue weighted by Crippen LogP contribution is 2.20. The number of hydrogen-bond donors (Lipinski definition) is 1. The Morgan fingerprint density at radius 2 is 2.20 bits per heavy atom. The maximum atomic E-state index is 5.68. The number of methoxy groups -OCH3 is 1. The summed E-state index contributed by atoms with van der Waals surface area (Å²) in [5.41, 5.74) is 5.68. The Labute approximate surface area is 94.6 Å². The average molecular weight is 227 g/mol. The van der Waals surface area contributed by atoms with Gasteiger partial charge < -0.3 is 10.5 Å². The van der Waals surface area contributed by atoms with E-state index in [-0.39, 0.29) is 0 Å². The molecule has 84 valence electrons. The maximum Gasteiger partial charge on any atom is 0.157 e. The van der Waals surface area contributed by atoms with Crippen molar-refractivity contribution in [3.8, 4) is 0 Å². The fraction of sp³-hybridized carbons (Fsp3) is 0.600. The van der Waals surface area contributed by atoms with Gasteiger partial charge in [0, 0.05) is 18.9 Å². The summed E-state index contributed by atoms with van der Waals surface area (Å²) in [6.45, 7) is 4.75. The van der Waals surface area contributed by atoms with Gasteiger partial charge in [-0.3, -0.25) is 0 Å². The number of thioether (sulfide) groups is 1. The first-order chi connectivity index (χ1) is 7.11. The molecule has 0 spiro atoms. The molecule has 0 amide bonds. The van der Waals surface area contributed by atoms with Crippen LogP contribution in [-0.2, 0) is 11.3 Å². The van der Waals surface area contributed by atoms with Crippen LogP contribution < -0.4 is 5.73 Å². The Morgan fingerprint density at radius 3 is 2.80 bits per heavy atom. The number of hydrogen-bond acceptors (Lipinski definition) is 5. The predicted molar refractivity (Wildman–Crippen MR) is 62.7 cm³/mol. The van der Waals surface area contributed by atoms with Crippen LogP contribution >= 0.6 is 11.8 Å². The molecule has 0 saturated carbocycles. The second kappa shape index (κ2) is 5.92. The number of ether oxygens (including phenoxy) is 1. The predicted octanol–water partition coefficient (Wildman–Crippen LogP) is 1.95. The molecule has 0 aliphatic carbocycles. The van der Waals surface area contributed by atoms with Gasteiger partial charge in [0.2, 0.25) is 0 Å². The maximum absolute atomic E-state index is 5.68. The van der Waals surface area contributed by atoms with Crippen LogP contribution in [0.4, 0.5) is 5.82 Å². The van der Waals surface area contributed by atoms with Gasteiger partial charge >= 0.3 is 0 Å². The topological polar surface area (TPSA) is 61.0 Å². The highest BCUT2D eigenvalue weighted by Gasteiger charge is 2.04. The minimum Gasteiger partial charge on any atom is -0.384 e. The number of nitrogens with two attached hydrogens (primary N) is 1.